The summed E-state index contributed by atoms with van der Waals surface area (Å²) < 4.78 is 6.65. The third-order valence-electron chi connectivity index (χ3n) is 8.07. The minimum atomic E-state index is 0.269. The first-order valence-corrected chi connectivity index (χ1v) is 10.3. The van der Waals surface area contributed by atoms with Crippen LogP contribution in [0.5, 0.6) is 11.5 Å². The number of aryl methyl sites for hydroxylation is 1. The van der Waals surface area contributed by atoms with Crippen LogP contribution in [0.15, 0.2) is 48.5 Å². The number of phenols is 1. The lowest BCUT2D eigenvalue weighted by Gasteiger charge is -2.49. The van der Waals surface area contributed by atoms with Crippen LogP contribution in [-0.2, 0) is 6.42 Å². The second-order valence-corrected chi connectivity index (χ2v) is 9.10. The van der Waals surface area contributed by atoms with E-state index in [9.17, 15) is 5.11 Å². The Bertz CT molecular complexity index is 845. The minimum Gasteiger partial charge on any atom is -0.508 e. The highest BCUT2D eigenvalue weighted by molar-refractivity contribution is 5.42. The molecule has 6 atom stereocenters. The molecule has 26 heavy (non-hydrogen) atoms. The molecule has 134 valence electrons. The first kappa shape index (κ1) is 15.1. The van der Waals surface area contributed by atoms with Crippen LogP contribution in [-0.4, -0.2) is 11.2 Å². The van der Waals surface area contributed by atoms with E-state index >= 15 is 0 Å². The fourth-order valence-corrected chi connectivity index (χ4v) is 7.04. The van der Waals surface area contributed by atoms with Gasteiger partial charge in [0, 0.05) is 5.92 Å². The first-order chi connectivity index (χ1) is 12.7. The van der Waals surface area contributed by atoms with Crippen LogP contribution in [0.4, 0.5) is 0 Å². The maximum absolute atomic E-state index is 9.95. The Morgan fingerprint density at radius 3 is 2.69 bits per heavy atom. The molecule has 0 amide bonds. The Hall–Kier alpha value is -1.96. The molecule has 2 heteroatoms. The van der Waals surface area contributed by atoms with Gasteiger partial charge in [0.2, 0.25) is 0 Å². The Kier molecular flexibility index (Phi) is 3.07. The molecule has 1 unspecified atom stereocenters. The van der Waals surface area contributed by atoms with Gasteiger partial charge in [-0.1, -0.05) is 24.3 Å². The van der Waals surface area contributed by atoms with Crippen molar-refractivity contribution in [2.24, 2.45) is 23.2 Å². The molecular weight excluding hydrogens is 320 g/mol. The topological polar surface area (TPSA) is 29.5 Å². The molecule has 4 aliphatic carbocycles. The molecule has 0 saturated heterocycles. The number of benzene rings is 2. The maximum atomic E-state index is 9.95. The van der Waals surface area contributed by atoms with Gasteiger partial charge in [-0.05, 0) is 97.1 Å². The number of hydrogen-bond donors (Lipinski definition) is 1. The summed E-state index contributed by atoms with van der Waals surface area (Å²) in [7, 11) is 0. The molecule has 4 aliphatic rings. The predicted molar refractivity (Wildman–Crippen MR) is 101 cm³/mol. The van der Waals surface area contributed by atoms with E-state index in [0.717, 1.165) is 29.9 Å². The maximum Gasteiger partial charge on any atom is 0.119 e. The predicted octanol–water partition coefficient (Wildman–Crippen LogP) is 5.31. The van der Waals surface area contributed by atoms with Gasteiger partial charge in [-0.15, -0.1) is 0 Å². The Balaban J connectivity index is 1.43. The van der Waals surface area contributed by atoms with Crippen LogP contribution >= 0.6 is 0 Å². The fourth-order valence-electron chi connectivity index (χ4n) is 7.04. The number of hydrogen-bond acceptors (Lipinski definition) is 2. The van der Waals surface area contributed by atoms with Crippen molar-refractivity contribution in [3.05, 3.63) is 59.7 Å². The lowest BCUT2D eigenvalue weighted by molar-refractivity contribution is 0.00359. The molecule has 1 spiro atoms. The molecule has 3 saturated carbocycles. The SMILES string of the molecule is Oc1ccc2c(c1)CC[C@H]1C3CC[C@@H]4C[C@]34C[C@H](Oc3ccccc3)[C@H]21. The Labute approximate surface area is 155 Å². The van der Waals surface area contributed by atoms with Crippen LogP contribution in [0.25, 0.3) is 0 Å². The fraction of sp³-hybridized carbons (Fsp3) is 0.500. The Morgan fingerprint density at radius 1 is 0.962 bits per heavy atom. The van der Waals surface area contributed by atoms with E-state index in [0.29, 0.717) is 17.1 Å². The van der Waals surface area contributed by atoms with Crippen molar-refractivity contribution < 1.29 is 9.84 Å². The van der Waals surface area contributed by atoms with Crippen LogP contribution in [0.3, 0.4) is 0 Å². The van der Waals surface area contributed by atoms with E-state index in [1.54, 1.807) is 0 Å². The largest absolute Gasteiger partial charge is 0.508 e. The van der Waals surface area contributed by atoms with Crippen molar-refractivity contribution in [2.45, 2.75) is 50.5 Å². The van der Waals surface area contributed by atoms with E-state index in [1.807, 2.05) is 12.1 Å². The molecule has 3 fully saturated rings. The minimum absolute atomic E-state index is 0.269. The van der Waals surface area contributed by atoms with Crippen molar-refractivity contribution in [1.29, 1.82) is 0 Å². The van der Waals surface area contributed by atoms with Gasteiger partial charge in [-0.25, -0.2) is 0 Å². The number of rotatable bonds is 2. The van der Waals surface area contributed by atoms with Crippen LogP contribution in [0, 0.1) is 23.2 Å². The Morgan fingerprint density at radius 2 is 1.85 bits per heavy atom. The smallest absolute Gasteiger partial charge is 0.119 e. The number of fused-ring (bicyclic) bond motifs is 4. The van der Waals surface area contributed by atoms with E-state index < -0.39 is 0 Å². The summed E-state index contributed by atoms with van der Waals surface area (Å²) in [5.74, 6) is 4.51. The monoisotopic (exact) mass is 346 g/mol. The number of phenolic OH excluding ortho intramolecular Hbond substituents is 1. The molecule has 0 heterocycles. The van der Waals surface area contributed by atoms with Crippen LogP contribution < -0.4 is 4.74 Å². The molecule has 0 radical (unpaired) electrons. The van der Waals surface area contributed by atoms with Gasteiger partial charge in [0.1, 0.15) is 17.6 Å². The average Bonchev–Trinajstić information content (AvgIpc) is 3.23. The second kappa shape index (κ2) is 5.28. The van der Waals surface area contributed by atoms with Gasteiger partial charge in [0.25, 0.3) is 0 Å². The molecule has 0 bridgehead atoms. The molecule has 2 aromatic carbocycles. The highest BCUT2D eigenvalue weighted by Crippen LogP contribution is 2.75. The molecule has 0 aliphatic heterocycles. The third kappa shape index (κ3) is 2.05. The number of ether oxygens (including phenoxy) is 1. The van der Waals surface area contributed by atoms with Crippen molar-refractivity contribution in [2.75, 3.05) is 0 Å². The normalized spacial score (nSPS) is 39.3. The molecule has 2 aromatic rings. The zero-order valence-electron chi connectivity index (χ0n) is 15.1. The number of para-hydroxylation sites is 1. The lowest BCUT2D eigenvalue weighted by atomic mass is 9.57. The highest BCUT2D eigenvalue weighted by atomic mass is 16.5. The molecule has 0 aromatic heterocycles. The van der Waals surface area contributed by atoms with E-state index in [2.05, 4.69) is 36.4 Å². The van der Waals surface area contributed by atoms with E-state index in [4.69, 9.17) is 4.74 Å². The summed E-state index contributed by atoms with van der Waals surface area (Å²) in [5, 5.41) is 9.95. The zero-order chi connectivity index (χ0) is 17.3. The number of aromatic hydroxyl groups is 1. The van der Waals surface area contributed by atoms with Gasteiger partial charge in [-0.2, -0.15) is 0 Å². The highest BCUT2D eigenvalue weighted by Gasteiger charge is 2.68. The summed E-state index contributed by atoms with van der Waals surface area (Å²) in [5.41, 5.74) is 3.38. The van der Waals surface area contributed by atoms with Crippen molar-refractivity contribution >= 4 is 0 Å². The summed E-state index contributed by atoms with van der Waals surface area (Å²) in [6.07, 6.45) is 8.17. The molecule has 1 N–H and O–H groups in total. The molecular formula is C24H26O2. The van der Waals surface area contributed by atoms with Crippen molar-refractivity contribution in [3.63, 3.8) is 0 Å². The van der Waals surface area contributed by atoms with Gasteiger partial charge >= 0.3 is 0 Å². The molecule has 6 rings (SSSR count). The lowest BCUT2D eigenvalue weighted by Crippen LogP contribution is -2.46. The van der Waals surface area contributed by atoms with Gasteiger partial charge < -0.3 is 9.84 Å². The summed E-state index contributed by atoms with van der Waals surface area (Å²) >= 11 is 0. The summed E-state index contributed by atoms with van der Waals surface area (Å²) in [4.78, 5) is 0. The van der Waals surface area contributed by atoms with Gasteiger partial charge in [0.05, 0.1) is 0 Å². The van der Waals surface area contributed by atoms with E-state index in [-0.39, 0.29) is 6.10 Å². The first-order valence-electron chi connectivity index (χ1n) is 10.3. The second-order valence-electron chi connectivity index (χ2n) is 9.10. The quantitative estimate of drug-likeness (QED) is 0.799. The van der Waals surface area contributed by atoms with Crippen molar-refractivity contribution in [3.8, 4) is 11.5 Å². The van der Waals surface area contributed by atoms with Gasteiger partial charge in [0.15, 0.2) is 0 Å². The summed E-state index contributed by atoms with van der Waals surface area (Å²) in [6, 6.07) is 16.4. The van der Waals surface area contributed by atoms with Crippen LogP contribution in [0.2, 0.25) is 0 Å². The third-order valence-corrected chi connectivity index (χ3v) is 8.07. The zero-order valence-corrected chi connectivity index (χ0v) is 15.1. The average molecular weight is 346 g/mol. The standard InChI is InChI=1S/C24H26O2/c25-17-8-10-19-15(12-17)6-9-20-21-11-7-16-13-24(16,21)14-22(23(19)20)26-18-4-2-1-3-5-18/h1-5,8,10,12,16,20-23,25H,6-7,9,11,13-14H2/t16-,20+,21?,22+,23-,24-/m1/s1. The van der Waals surface area contributed by atoms with Crippen LogP contribution in [0.1, 0.15) is 49.1 Å². The van der Waals surface area contributed by atoms with Gasteiger partial charge in [-0.3, -0.25) is 0 Å². The van der Waals surface area contributed by atoms with E-state index in [1.165, 1.54) is 43.2 Å². The molecule has 2 nitrogen and oxygen atoms in total. The van der Waals surface area contributed by atoms with Crippen molar-refractivity contribution in [1.82, 2.24) is 0 Å². The summed E-state index contributed by atoms with van der Waals surface area (Å²) in [6.45, 7) is 0.